The summed E-state index contributed by atoms with van der Waals surface area (Å²) in [6.07, 6.45) is 1.97. The van der Waals surface area contributed by atoms with Crippen molar-refractivity contribution in [3.05, 3.63) is 46.2 Å². The summed E-state index contributed by atoms with van der Waals surface area (Å²) >= 11 is 1.62. The van der Waals surface area contributed by atoms with E-state index >= 15 is 0 Å². The van der Waals surface area contributed by atoms with E-state index in [1.165, 1.54) is 0 Å². The number of ether oxygens (including phenoxy) is 1. The summed E-state index contributed by atoms with van der Waals surface area (Å²) in [7, 11) is 0. The molecule has 4 rings (SSSR count). The van der Waals surface area contributed by atoms with Crippen molar-refractivity contribution < 1.29 is 14.3 Å². The van der Waals surface area contributed by atoms with Gasteiger partial charge in [0.25, 0.3) is 5.91 Å². The molecular weight excluding hydrogens is 348 g/mol. The van der Waals surface area contributed by atoms with Gasteiger partial charge < -0.3 is 15.0 Å². The van der Waals surface area contributed by atoms with Crippen LogP contribution in [0.25, 0.3) is 11.1 Å². The highest BCUT2D eigenvalue weighted by Crippen LogP contribution is 2.35. The first-order valence-electron chi connectivity index (χ1n) is 8.98. The van der Waals surface area contributed by atoms with E-state index in [0.717, 1.165) is 34.4 Å². The number of nitrogens with one attached hydrogen (secondary N) is 1. The topological polar surface area (TPSA) is 58.6 Å². The molecule has 1 aromatic carbocycles. The number of benzene rings is 1. The molecule has 1 spiro atoms. The van der Waals surface area contributed by atoms with Crippen molar-refractivity contribution in [3.8, 4) is 11.1 Å². The molecule has 2 aromatic rings. The number of nitrogens with zero attached hydrogens (tertiary/aromatic N) is 1. The van der Waals surface area contributed by atoms with Crippen LogP contribution in [-0.2, 0) is 4.74 Å². The lowest BCUT2D eigenvalue weighted by atomic mass is 9.95. The molecule has 1 N–H and O–H groups in total. The molecule has 0 unspecified atom stereocenters. The zero-order valence-corrected chi connectivity index (χ0v) is 15.6. The van der Waals surface area contributed by atoms with E-state index in [4.69, 9.17) is 4.74 Å². The minimum Gasteiger partial charge on any atom is -0.441 e. The lowest BCUT2D eigenvalue weighted by Crippen LogP contribution is -2.36. The quantitative estimate of drug-likeness (QED) is 0.874. The predicted molar refractivity (Wildman–Crippen MR) is 101 cm³/mol. The van der Waals surface area contributed by atoms with Crippen LogP contribution in [0.15, 0.2) is 35.7 Å². The van der Waals surface area contributed by atoms with Crippen molar-refractivity contribution in [3.63, 3.8) is 0 Å². The molecular formula is C20H22N2O3S. The van der Waals surface area contributed by atoms with Crippen LogP contribution >= 0.6 is 11.3 Å². The van der Waals surface area contributed by atoms with Crippen molar-refractivity contribution in [2.75, 3.05) is 19.6 Å². The molecule has 3 heterocycles. The van der Waals surface area contributed by atoms with Crippen LogP contribution in [0.5, 0.6) is 0 Å². The second-order valence-electron chi connectivity index (χ2n) is 7.02. The van der Waals surface area contributed by atoms with Crippen LogP contribution in [0.2, 0.25) is 0 Å². The van der Waals surface area contributed by atoms with Gasteiger partial charge in [-0.1, -0.05) is 30.3 Å². The van der Waals surface area contributed by atoms with Gasteiger partial charge in [-0.25, -0.2) is 4.79 Å². The molecule has 6 heteroatoms. The van der Waals surface area contributed by atoms with Crippen molar-refractivity contribution in [2.45, 2.75) is 31.8 Å². The molecule has 1 aromatic heterocycles. The second kappa shape index (κ2) is 6.76. The summed E-state index contributed by atoms with van der Waals surface area (Å²) in [5, 5.41) is 4.72. The third kappa shape index (κ3) is 3.09. The Bertz CT molecular complexity index is 833. The second-order valence-corrected chi connectivity index (χ2v) is 8.10. The minimum absolute atomic E-state index is 0.0718. The summed E-state index contributed by atoms with van der Waals surface area (Å²) in [5.41, 5.74) is 2.44. The van der Waals surface area contributed by atoms with Crippen molar-refractivity contribution >= 4 is 23.3 Å². The monoisotopic (exact) mass is 370 g/mol. The Kier molecular flexibility index (Phi) is 4.44. The number of alkyl carbamates (subject to hydrolysis) is 1. The van der Waals surface area contributed by atoms with E-state index in [1.807, 2.05) is 40.6 Å². The van der Waals surface area contributed by atoms with Gasteiger partial charge in [0.1, 0.15) is 5.60 Å². The van der Waals surface area contributed by atoms with Crippen molar-refractivity contribution in [1.82, 2.24) is 10.2 Å². The van der Waals surface area contributed by atoms with Crippen LogP contribution < -0.4 is 5.32 Å². The number of rotatable bonds is 2. The fourth-order valence-corrected chi connectivity index (χ4v) is 4.76. The fourth-order valence-electron chi connectivity index (χ4n) is 3.90. The van der Waals surface area contributed by atoms with Crippen LogP contribution in [0.1, 0.15) is 34.5 Å². The normalized spacial score (nSPS) is 22.8. The predicted octanol–water partition coefficient (Wildman–Crippen LogP) is 3.83. The molecule has 26 heavy (non-hydrogen) atoms. The summed E-state index contributed by atoms with van der Waals surface area (Å²) in [5.74, 6) is 0.0718. The number of amides is 2. The maximum atomic E-state index is 13.2. The van der Waals surface area contributed by atoms with E-state index in [-0.39, 0.29) is 12.0 Å². The zero-order chi connectivity index (χ0) is 18.1. The van der Waals surface area contributed by atoms with Gasteiger partial charge in [0.15, 0.2) is 0 Å². The van der Waals surface area contributed by atoms with Gasteiger partial charge in [-0.05, 0) is 25.3 Å². The molecule has 0 radical (unpaired) electrons. The van der Waals surface area contributed by atoms with Gasteiger partial charge in [0, 0.05) is 35.3 Å². The van der Waals surface area contributed by atoms with Gasteiger partial charge in [-0.15, -0.1) is 11.3 Å². The molecule has 2 aliphatic rings. The third-order valence-electron chi connectivity index (χ3n) is 5.32. The summed E-state index contributed by atoms with van der Waals surface area (Å²) < 4.78 is 5.51. The number of carbonyl (C=O) groups is 2. The average molecular weight is 370 g/mol. The Morgan fingerprint density at radius 3 is 2.77 bits per heavy atom. The van der Waals surface area contributed by atoms with E-state index < -0.39 is 5.60 Å². The first kappa shape index (κ1) is 17.1. The molecule has 2 saturated heterocycles. The molecule has 2 aliphatic heterocycles. The minimum atomic E-state index is -0.445. The molecule has 1 atom stereocenters. The Balaban J connectivity index is 1.56. The van der Waals surface area contributed by atoms with Crippen LogP contribution in [0.3, 0.4) is 0 Å². The first-order chi connectivity index (χ1) is 12.6. The van der Waals surface area contributed by atoms with E-state index in [1.54, 1.807) is 11.3 Å². The highest BCUT2D eigenvalue weighted by Gasteiger charge is 2.42. The molecule has 136 valence electrons. The Morgan fingerprint density at radius 1 is 1.23 bits per heavy atom. The number of hydrogen-bond acceptors (Lipinski definition) is 4. The average Bonchev–Trinajstić information content (AvgIpc) is 3.13. The largest absolute Gasteiger partial charge is 0.441 e. The van der Waals surface area contributed by atoms with Crippen molar-refractivity contribution in [1.29, 1.82) is 0 Å². The van der Waals surface area contributed by atoms with Gasteiger partial charge in [-0.3, -0.25) is 4.79 Å². The Labute approximate surface area is 157 Å². The molecule has 2 fully saturated rings. The molecule has 0 aliphatic carbocycles. The van der Waals surface area contributed by atoms with Gasteiger partial charge in [-0.2, -0.15) is 0 Å². The first-order valence-corrected chi connectivity index (χ1v) is 9.86. The maximum absolute atomic E-state index is 13.2. The molecule has 2 amide bonds. The number of hydrogen-bond donors (Lipinski definition) is 1. The van der Waals surface area contributed by atoms with Crippen LogP contribution in [0.4, 0.5) is 4.79 Å². The smallest absolute Gasteiger partial charge is 0.407 e. The van der Waals surface area contributed by atoms with E-state index in [9.17, 15) is 9.59 Å². The standard InChI is InChI=1S/C20H22N2O3S/c1-14-17(15-6-3-2-4-7-15)16(12-26-14)18(23)22-10-5-8-20(9-11-22)13-21-19(24)25-20/h2-4,6-7,12H,5,8-11,13H2,1H3,(H,21,24)/t20-/m0/s1. The van der Waals surface area contributed by atoms with Gasteiger partial charge in [0.05, 0.1) is 12.1 Å². The van der Waals surface area contributed by atoms with Crippen molar-refractivity contribution in [2.24, 2.45) is 0 Å². The highest BCUT2D eigenvalue weighted by molar-refractivity contribution is 7.10. The highest BCUT2D eigenvalue weighted by atomic mass is 32.1. The summed E-state index contributed by atoms with van der Waals surface area (Å²) in [6, 6.07) is 10.1. The van der Waals surface area contributed by atoms with Crippen LogP contribution in [-0.4, -0.2) is 42.1 Å². The van der Waals surface area contributed by atoms with Gasteiger partial charge >= 0.3 is 6.09 Å². The number of likely N-dealkylation sites (tertiary alicyclic amines) is 1. The van der Waals surface area contributed by atoms with E-state index in [0.29, 0.717) is 26.1 Å². The number of aryl methyl sites for hydroxylation is 1. The number of carbonyl (C=O) groups excluding carboxylic acids is 2. The molecule has 0 bridgehead atoms. The van der Waals surface area contributed by atoms with E-state index in [2.05, 4.69) is 12.2 Å². The maximum Gasteiger partial charge on any atom is 0.407 e. The Morgan fingerprint density at radius 2 is 2.04 bits per heavy atom. The Hall–Kier alpha value is -2.34. The lowest BCUT2D eigenvalue weighted by Gasteiger charge is -2.25. The zero-order valence-electron chi connectivity index (χ0n) is 14.8. The SMILES string of the molecule is Cc1scc(C(=O)N2CCC[C@]3(CC2)CNC(=O)O3)c1-c1ccccc1. The molecule has 0 saturated carbocycles. The lowest BCUT2D eigenvalue weighted by molar-refractivity contribution is 0.0439. The third-order valence-corrected chi connectivity index (χ3v) is 6.23. The molecule has 5 nitrogen and oxygen atoms in total. The van der Waals surface area contributed by atoms with Crippen LogP contribution in [0, 0.1) is 6.92 Å². The van der Waals surface area contributed by atoms with Gasteiger partial charge in [0.2, 0.25) is 0 Å². The fraction of sp³-hybridized carbons (Fsp3) is 0.400. The number of thiophene rings is 1. The summed E-state index contributed by atoms with van der Waals surface area (Å²) in [6.45, 7) is 3.91. The summed E-state index contributed by atoms with van der Waals surface area (Å²) in [4.78, 5) is 27.8.